The summed E-state index contributed by atoms with van der Waals surface area (Å²) in [5.74, 6) is 0. The minimum atomic E-state index is 0.0295. The van der Waals surface area contributed by atoms with Crippen molar-refractivity contribution in [2.45, 2.75) is 13.0 Å². The lowest BCUT2D eigenvalue weighted by atomic mass is 10.1. The smallest absolute Gasteiger partial charge is 0.0288 e. The van der Waals surface area contributed by atoms with Crippen LogP contribution in [0.15, 0.2) is 25.6 Å². The fourth-order valence-corrected chi connectivity index (χ4v) is 3.97. The molecule has 4 heteroatoms. The Balaban J connectivity index is 3.28. The molecule has 0 fully saturated rings. The Bertz CT molecular complexity index is 273. The van der Waals surface area contributed by atoms with E-state index in [1.54, 1.807) is 0 Å². The molecule has 1 aromatic carbocycles. The number of rotatable bonds is 1. The van der Waals surface area contributed by atoms with E-state index in [1.807, 2.05) is 19.1 Å². The van der Waals surface area contributed by atoms with Crippen LogP contribution in [0.1, 0.15) is 18.5 Å². The second-order valence-electron chi connectivity index (χ2n) is 2.57. The Morgan fingerprint density at radius 1 is 1.17 bits per heavy atom. The van der Waals surface area contributed by atoms with Crippen LogP contribution in [0.5, 0.6) is 0 Å². The maximum Gasteiger partial charge on any atom is 0.0288 e. The Labute approximate surface area is 97.1 Å². The molecule has 0 aliphatic heterocycles. The lowest BCUT2D eigenvalue weighted by Crippen LogP contribution is -2.06. The summed E-state index contributed by atoms with van der Waals surface area (Å²) in [4.78, 5) is 0. The molecule has 0 heterocycles. The molecule has 1 nitrogen and oxygen atoms in total. The first-order chi connectivity index (χ1) is 5.52. The van der Waals surface area contributed by atoms with Gasteiger partial charge in [0, 0.05) is 19.5 Å². The van der Waals surface area contributed by atoms with Crippen molar-refractivity contribution >= 4 is 47.8 Å². The third-order valence-electron chi connectivity index (χ3n) is 1.50. The van der Waals surface area contributed by atoms with Crippen molar-refractivity contribution in [1.29, 1.82) is 0 Å². The standard InChI is InChI=1S/C8H8Br3N/c1-4(12)8-6(10)2-5(9)3-7(8)11/h2-4H,12H2,1H3. The van der Waals surface area contributed by atoms with E-state index in [0.717, 1.165) is 19.0 Å². The van der Waals surface area contributed by atoms with Crippen molar-refractivity contribution in [3.8, 4) is 0 Å². The Kier molecular flexibility index (Phi) is 3.76. The van der Waals surface area contributed by atoms with Crippen LogP contribution in [0.25, 0.3) is 0 Å². The van der Waals surface area contributed by atoms with Gasteiger partial charge in [-0.3, -0.25) is 0 Å². The summed E-state index contributed by atoms with van der Waals surface area (Å²) in [7, 11) is 0. The molecule has 1 aromatic rings. The molecule has 0 radical (unpaired) electrons. The highest BCUT2D eigenvalue weighted by molar-refractivity contribution is 9.11. The largest absolute Gasteiger partial charge is 0.324 e. The van der Waals surface area contributed by atoms with Gasteiger partial charge in [0.25, 0.3) is 0 Å². The number of hydrogen-bond donors (Lipinski definition) is 1. The van der Waals surface area contributed by atoms with E-state index in [1.165, 1.54) is 0 Å². The van der Waals surface area contributed by atoms with E-state index in [-0.39, 0.29) is 6.04 Å². The first-order valence-corrected chi connectivity index (χ1v) is 5.80. The van der Waals surface area contributed by atoms with Crippen molar-refractivity contribution in [2.24, 2.45) is 5.73 Å². The normalized spacial score (nSPS) is 13.1. The molecule has 0 saturated carbocycles. The molecule has 0 spiro atoms. The average molecular weight is 358 g/mol. The quantitative estimate of drug-likeness (QED) is 0.808. The fraction of sp³-hybridized carbons (Fsp3) is 0.250. The summed E-state index contributed by atoms with van der Waals surface area (Å²) in [5.41, 5.74) is 6.89. The van der Waals surface area contributed by atoms with Crippen LogP contribution >= 0.6 is 47.8 Å². The van der Waals surface area contributed by atoms with E-state index in [2.05, 4.69) is 47.8 Å². The van der Waals surface area contributed by atoms with Crippen LogP contribution in [-0.2, 0) is 0 Å². The van der Waals surface area contributed by atoms with E-state index >= 15 is 0 Å². The second kappa shape index (κ2) is 4.22. The van der Waals surface area contributed by atoms with Crippen molar-refractivity contribution in [3.63, 3.8) is 0 Å². The fourth-order valence-electron chi connectivity index (χ4n) is 0.988. The molecule has 0 aliphatic rings. The van der Waals surface area contributed by atoms with Gasteiger partial charge in [-0.2, -0.15) is 0 Å². The summed E-state index contributed by atoms with van der Waals surface area (Å²) in [6.07, 6.45) is 0. The summed E-state index contributed by atoms with van der Waals surface area (Å²) in [5, 5.41) is 0. The molecule has 0 amide bonds. The molecule has 1 atom stereocenters. The van der Waals surface area contributed by atoms with Crippen LogP contribution in [0.2, 0.25) is 0 Å². The minimum Gasteiger partial charge on any atom is -0.324 e. The number of hydrogen-bond acceptors (Lipinski definition) is 1. The van der Waals surface area contributed by atoms with Gasteiger partial charge in [0.05, 0.1) is 0 Å². The highest BCUT2D eigenvalue weighted by Crippen LogP contribution is 2.32. The second-order valence-corrected chi connectivity index (χ2v) is 5.20. The van der Waals surface area contributed by atoms with E-state index < -0.39 is 0 Å². The molecule has 0 aromatic heterocycles. The van der Waals surface area contributed by atoms with Crippen LogP contribution < -0.4 is 5.73 Å². The topological polar surface area (TPSA) is 26.0 Å². The SMILES string of the molecule is CC(N)c1c(Br)cc(Br)cc1Br. The van der Waals surface area contributed by atoms with E-state index in [0.29, 0.717) is 0 Å². The number of benzene rings is 1. The average Bonchev–Trinajstić information content (AvgIpc) is 1.82. The van der Waals surface area contributed by atoms with Crippen molar-refractivity contribution in [2.75, 3.05) is 0 Å². The zero-order chi connectivity index (χ0) is 9.30. The molecule has 0 bridgehead atoms. The summed E-state index contributed by atoms with van der Waals surface area (Å²) in [6.45, 7) is 1.96. The first-order valence-electron chi connectivity index (χ1n) is 3.42. The van der Waals surface area contributed by atoms with Gasteiger partial charge in [0.15, 0.2) is 0 Å². The molecular weight excluding hydrogens is 350 g/mol. The molecule has 66 valence electrons. The molecule has 12 heavy (non-hydrogen) atoms. The van der Waals surface area contributed by atoms with Crippen LogP contribution in [0.3, 0.4) is 0 Å². The van der Waals surface area contributed by atoms with Gasteiger partial charge in [0.1, 0.15) is 0 Å². The molecule has 2 N–H and O–H groups in total. The van der Waals surface area contributed by atoms with Gasteiger partial charge in [-0.15, -0.1) is 0 Å². The minimum absolute atomic E-state index is 0.0295. The Hall–Kier alpha value is 0.620. The number of halogens is 3. The summed E-state index contributed by atoms with van der Waals surface area (Å²) >= 11 is 10.3. The van der Waals surface area contributed by atoms with E-state index in [4.69, 9.17) is 5.73 Å². The zero-order valence-electron chi connectivity index (χ0n) is 6.44. The predicted molar refractivity (Wildman–Crippen MR) is 62.1 cm³/mol. The highest BCUT2D eigenvalue weighted by atomic mass is 79.9. The molecule has 0 saturated heterocycles. The lowest BCUT2D eigenvalue weighted by molar-refractivity contribution is 0.807. The molecular formula is C8H8Br3N. The first kappa shape index (κ1) is 10.7. The monoisotopic (exact) mass is 355 g/mol. The summed E-state index contributed by atoms with van der Waals surface area (Å²) in [6, 6.07) is 4.01. The number of nitrogens with two attached hydrogens (primary N) is 1. The third-order valence-corrected chi connectivity index (χ3v) is 3.27. The molecule has 1 rings (SSSR count). The predicted octanol–water partition coefficient (Wildman–Crippen LogP) is 3.99. The maximum atomic E-state index is 5.79. The van der Waals surface area contributed by atoms with Gasteiger partial charge in [-0.25, -0.2) is 0 Å². The maximum absolute atomic E-state index is 5.79. The molecule has 0 aliphatic carbocycles. The third kappa shape index (κ3) is 2.31. The van der Waals surface area contributed by atoms with Gasteiger partial charge in [-0.1, -0.05) is 47.8 Å². The van der Waals surface area contributed by atoms with Gasteiger partial charge >= 0.3 is 0 Å². The van der Waals surface area contributed by atoms with Crippen LogP contribution in [0, 0.1) is 0 Å². The lowest BCUT2D eigenvalue weighted by Gasteiger charge is -2.11. The van der Waals surface area contributed by atoms with Gasteiger partial charge in [-0.05, 0) is 24.6 Å². The highest BCUT2D eigenvalue weighted by Gasteiger charge is 2.09. The van der Waals surface area contributed by atoms with Crippen molar-refractivity contribution in [3.05, 3.63) is 31.1 Å². The van der Waals surface area contributed by atoms with E-state index in [9.17, 15) is 0 Å². The molecule has 1 unspecified atom stereocenters. The summed E-state index contributed by atoms with van der Waals surface area (Å²) < 4.78 is 3.09. The van der Waals surface area contributed by atoms with Gasteiger partial charge < -0.3 is 5.73 Å². The van der Waals surface area contributed by atoms with Crippen molar-refractivity contribution < 1.29 is 0 Å². The van der Waals surface area contributed by atoms with Crippen LogP contribution in [-0.4, -0.2) is 0 Å². The van der Waals surface area contributed by atoms with Crippen LogP contribution in [0.4, 0.5) is 0 Å². The van der Waals surface area contributed by atoms with Crippen molar-refractivity contribution in [1.82, 2.24) is 0 Å². The van der Waals surface area contributed by atoms with Gasteiger partial charge in [0.2, 0.25) is 0 Å². The Morgan fingerprint density at radius 3 is 1.92 bits per heavy atom. The Morgan fingerprint density at radius 2 is 1.58 bits per heavy atom. The zero-order valence-corrected chi connectivity index (χ0v) is 11.2.